The molecule has 2 atom stereocenters. The second-order valence-corrected chi connectivity index (χ2v) is 6.50. The zero-order chi connectivity index (χ0) is 16.2. The monoisotopic (exact) mass is 318 g/mol. The number of hydrogen-bond donors (Lipinski definition) is 1. The zero-order valence-electron chi connectivity index (χ0n) is 14.0. The number of carbonyl (C=O) groups is 1. The quantitative estimate of drug-likeness (QED) is 0.930. The Hall–Kier alpha value is -1.59. The molecule has 126 valence electrons. The maximum absolute atomic E-state index is 12.4. The molecule has 0 saturated carbocycles. The summed E-state index contributed by atoms with van der Waals surface area (Å²) in [5.41, 5.74) is 3.79. The lowest BCUT2D eigenvalue weighted by Crippen LogP contribution is -2.49. The summed E-state index contributed by atoms with van der Waals surface area (Å²) in [6.07, 6.45) is 2.10. The summed E-state index contributed by atoms with van der Waals surface area (Å²) in [7, 11) is 1.75. The molecule has 0 aromatic heterocycles. The molecule has 1 saturated heterocycles. The molecular formula is C18H26N2O3. The van der Waals surface area contributed by atoms with Crippen LogP contribution in [0.1, 0.15) is 30.0 Å². The summed E-state index contributed by atoms with van der Waals surface area (Å²) in [5.74, 6) is 0.376. The SMILES string of the molecule is COC1CCN(C(=O)NCc2cccc3c2CCOC3)CC1C. The predicted octanol–water partition coefficient (Wildman–Crippen LogP) is 2.33. The van der Waals surface area contributed by atoms with Gasteiger partial charge >= 0.3 is 6.03 Å². The number of carbonyl (C=O) groups excluding carboxylic acids is 1. The highest BCUT2D eigenvalue weighted by Crippen LogP contribution is 2.22. The van der Waals surface area contributed by atoms with Crippen LogP contribution in [-0.4, -0.2) is 43.8 Å². The van der Waals surface area contributed by atoms with E-state index >= 15 is 0 Å². The van der Waals surface area contributed by atoms with Gasteiger partial charge in [-0.3, -0.25) is 0 Å². The normalized spacial score (nSPS) is 24.2. The minimum atomic E-state index is 0.0241. The second-order valence-electron chi connectivity index (χ2n) is 6.50. The summed E-state index contributed by atoms with van der Waals surface area (Å²) >= 11 is 0. The van der Waals surface area contributed by atoms with Crippen LogP contribution in [0.5, 0.6) is 0 Å². The molecule has 5 nitrogen and oxygen atoms in total. The highest BCUT2D eigenvalue weighted by Gasteiger charge is 2.28. The Morgan fingerprint density at radius 2 is 2.35 bits per heavy atom. The van der Waals surface area contributed by atoms with Crippen molar-refractivity contribution in [3.8, 4) is 0 Å². The number of nitrogens with zero attached hydrogens (tertiary/aromatic N) is 1. The molecule has 1 aromatic rings. The van der Waals surface area contributed by atoms with E-state index in [4.69, 9.17) is 9.47 Å². The number of fused-ring (bicyclic) bond motifs is 1. The fourth-order valence-electron chi connectivity index (χ4n) is 3.61. The Morgan fingerprint density at radius 1 is 1.48 bits per heavy atom. The first-order valence-corrected chi connectivity index (χ1v) is 8.42. The molecule has 0 spiro atoms. The maximum Gasteiger partial charge on any atom is 0.317 e. The fraction of sp³-hybridized carbons (Fsp3) is 0.611. The molecule has 2 heterocycles. The number of amides is 2. The first kappa shape index (κ1) is 16.3. The fourth-order valence-corrected chi connectivity index (χ4v) is 3.61. The van der Waals surface area contributed by atoms with Gasteiger partial charge in [0.25, 0.3) is 0 Å². The number of rotatable bonds is 3. The van der Waals surface area contributed by atoms with Crippen LogP contribution in [0.25, 0.3) is 0 Å². The number of ether oxygens (including phenoxy) is 2. The van der Waals surface area contributed by atoms with Crippen LogP contribution in [0.3, 0.4) is 0 Å². The van der Waals surface area contributed by atoms with Gasteiger partial charge in [-0.05, 0) is 29.5 Å². The lowest BCUT2D eigenvalue weighted by molar-refractivity contribution is 0.0108. The Morgan fingerprint density at radius 3 is 3.13 bits per heavy atom. The number of likely N-dealkylation sites (tertiary alicyclic amines) is 1. The average Bonchev–Trinajstić information content (AvgIpc) is 2.59. The third-order valence-corrected chi connectivity index (χ3v) is 4.97. The van der Waals surface area contributed by atoms with Crippen LogP contribution in [0.4, 0.5) is 4.79 Å². The topological polar surface area (TPSA) is 50.8 Å². The summed E-state index contributed by atoms with van der Waals surface area (Å²) in [5, 5.41) is 3.08. The van der Waals surface area contributed by atoms with Crippen molar-refractivity contribution in [1.82, 2.24) is 10.2 Å². The third kappa shape index (κ3) is 3.67. The van der Waals surface area contributed by atoms with Gasteiger partial charge in [0.15, 0.2) is 0 Å². The molecule has 1 fully saturated rings. The summed E-state index contributed by atoms with van der Waals surface area (Å²) in [6, 6.07) is 6.28. The van der Waals surface area contributed by atoms with Gasteiger partial charge in [-0.1, -0.05) is 25.1 Å². The van der Waals surface area contributed by atoms with Gasteiger partial charge < -0.3 is 19.7 Å². The standard InChI is InChI=1S/C18H26N2O3/c1-13-11-20(8-6-17(13)22-2)18(21)19-10-14-4-3-5-15-12-23-9-7-16(14)15/h3-5,13,17H,6-12H2,1-2H3,(H,19,21). The van der Waals surface area contributed by atoms with E-state index in [9.17, 15) is 4.79 Å². The van der Waals surface area contributed by atoms with Crippen LogP contribution in [0.2, 0.25) is 0 Å². The van der Waals surface area contributed by atoms with Crippen LogP contribution in [0.15, 0.2) is 18.2 Å². The number of nitrogens with one attached hydrogen (secondary N) is 1. The Bertz CT molecular complexity index is 561. The number of urea groups is 1. The van der Waals surface area contributed by atoms with Crippen molar-refractivity contribution >= 4 is 6.03 Å². The number of piperidine rings is 1. The molecule has 1 N–H and O–H groups in total. The molecule has 1 aromatic carbocycles. The van der Waals surface area contributed by atoms with Crippen molar-refractivity contribution in [2.24, 2.45) is 5.92 Å². The molecule has 23 heavy (non-hydrogen) atoms. The number of methoxy groups -OCH3 is 1. The van der Waals surface area contributed by atoms with Crippen molar-refractivity contribution in [3.63, 3.8) is 0 Å². The van der Waals surface area contributed by atoms with Crippen molar-refractivity contribution in [3.05, 3.63) is 34.9 Å². The minimum absolute atomic E-state index is 0.0241. The van der Waals surface area contributed by atoms with E-state index in [0.717, 1.165) is 32.5 Å². The van der Waals surface area contributed by atoms with E-state index in [1.807, 2.05) is 11.0 Å². The van der Waals surface area contributed by atoms with Crippen molar-refractivity contribution in [2.75, 3.05) is 26.8 Å². The minimum Gasteiger partial charge on any atom is -0.381 e. The molecule has 0 bridgehead atoms. The van der Waals surface area contributed by atoms with Gasteiger partial charge in [0.1, 0.15) is 0 Å². The molecule has 0 aliphatic carbocycles. The lowest BCUT2D eigenvalue weighted by atomic mass is 9.96. The lowest BCUT2D eigenvalue weighted by Gasteiger charge is -2.36. The molecule has 0 radical (unpaired) electrons. The maximum atomic E-state index is 12.4. The van der Waals surface area contributed by atoms with Crippen LogP contribution in [0, 0.1) is 5.92 Å². The van der Waals surface area contributed by atoms with Crippen LogP contribution in [-0.2, 0) is 29.0 Å². The Labute approximate surface area is 137 Å². The van der Waals surface area contributed by atoms with Gasteiger partial charge in [-0.15, -0.1) is 0 Å². The van der Waals surface area contributed by atoms with E-state index < -0.39 is 0 Å². The largest absolute Gasteiger partial charge is 0.381 e. The first-order chi connectivity index (χ1) is 11.2. The van der Waals surface area contributed by atoms with E-state index in [1.165, 1.54) is 16.7 Å². The van der Waals surface area contributed by atoms with E-state index in [2.05, 4.69) is 24.4 Å². The number of benzene rings is 1. The van der Waals surface area contributed by atoms with E-state index in [1.54, 1.807) is 7.11 Å². The zero-order valence-corrected chi connectivity index (χ0v) is 14.0. The Kier molecular flexibility index (Phi) is 5.18. The average molecular weight is 318 g/mol. The molecule has 5 heteroatoms. The summed E-state index contributed by atoms with van der Waals surface area (Å²) in [4.78, 5) is 14.3. The molecular weight excluding hydrogens is 292 g/mol. The highest BCUT2D eigenvalue weighted by molar-refractivity contribution is 5.74. The van der Waals surface area contributed by atoms with Gasteiger partial charge in [-0.25, -0.2) is 4.79 Å². The molecule has 2 aliphatic rings. The van der Waals surface area contributed by atoms with E-state index in [0.29, 0.717) is 19.1 Å². The van der Waals surface area contributed by atoms with Gasteiger partial charge in [0.05, 0.1) is 19.3 Å². The molecule has 2 aliphatic heterocycles. The van der Waals surface area contributed by atoms with Crippen molar-refractivity contribution in [2.45, 2.75) is 39.0 Å². The van der Waals surface area contributed by atoms with Crippen LogP contribution < -0.4 is 5.32 Å². The molecule has 2 unspecified atom stereocenters. The Balaban J connectivity index is 1.58. The summed E-state index contributed by atoms with van der Waals surface area (Å²) in [6.45, 7) is 5.68. The predicted molar refractivity (Wildman–Crippen MR) is 88.2 cm³/mol. The molecule has 3 rings (SSSR count). The second kappa shape index (κ2) is 7.32. The van der Waals surface area contributed by atoms with E-state index in [-0.39, 0.29) is 12.1 Å². The van der Waals surface area contributed by atoms with Crippen molar-refractivity contribution < 1.29 is 14.3 Å². The highest BCUT2D eigenvalue weighted by atomic mass is 16.5. The number of hydrogen-bond acceptors (Lipinski definition) is 3. The van der Waals surface area contributed by atoms with Gasteiger partial charge in [0, 0.05) is 32.7 Å². The van der Waals surface area contributed by atoms with Crippen molar-refractivity contribution in [1.29, 1.82) is 0 Å². The molecule has 2 amide bonds. The smallest absolute Gasteiger partial charge is 0.317 e. The summed E-state index contributed by atoms with van der Waals surface area (Å²) < 4.78 is 10.9. The van der Waals surface area contributed by atoms with Gasteiger partial charge in [-0.2, -0.15) is 0 Å². The first-order valence-electron chi connectivity index (χ1n) is 8.42. The third-order valence-electron chi connectivity index (χ3n) is 4.97. The van der Waals surface area contributed by atoms with Gasteiger partial charge in [0.2, 0.25) is 0 Å². The van der Waals surface area contributed by atoms with Crippen LogP contribution >= 0.6 is 0 Å².